The molecule has 4 nitrogen and oxygen atoms in total. The number of fused-ring (bicyclic) bond motifs is 1. The summed E-state index contributed by atoms with van der Waals surface area (Å²) in [7, 11) is 0. The number of ketones is 1. The first kappa shape index (κ1) is 7.79. The molecule has 0 spiro atoms. The van der Waals surface area contributed by atoms with Gasteiger partial charge in [-0.3, -0.25) is 4.79 Å². The maximum Gasteiger partial charge on any atom is 0.335 e. The molecule has 0 fully saturated rings. The zero-order valence-electron chi connectivity index (χ0n) is 6.61. The number of rotatable bonds is 1. The Morgan fingerprint density at radius 1 is 1.46 bits per heavy atom. The summed E-state index contributed by atoms with van der Waals surface area (Å²) < 4.78 is 4.99. The second-order valence-electron chi connectivity index (χ2n) is 2.73. The highest BCUT2D eigenvalue weighted by molar-refractivity contribution is 6.03. The van der Waals surface area contributed by atoms with E-state index >= 15 is 0 Å². The van der Waals surface area contributed by atoms with Crippen LogP contribution in [0.25, 0.3) is 0 Å². The van der Waals surface area contributed by atoms with Gasteiger partial charge in [0.05, 0.1) is 11.1 Å². The van der Waals surface area contributed by atoms with E-state index < -0.39 is 5.97 Å². The zero-order chi connectivity index (χ0) is 9.42. The molecule has 1 aromatic carbocycles. The average Bonchev–Trinajstić information content (AvgIpc) is 2.47. The molecule has 0 atom stereocenters. The molecule has 0 radical (unpaired) electrons. The Kier molecular flexibility index (Phi) is 1.55. The van der Waals surface area contributed by atoms with Crippen molar-refractivity contribution in [3.05, 3.63) is 29.3 Å². The van der Waals surface area contributed by atoms with E-state index in [9.17, 15) is 9.59 Å². The maximum absolute atomic E-state index is 11.1. The molecule has 0 amide bonds. The molecule has 1 aliphatic rings. The number of ether oxygens (including phenoxy) is 1. The van der Waals surface area contributed by atoms with Crippen LogP contribution in [0.15, 0.2) is 18.2 Å². The first-order chi connectivity index (χ1) is 6.18. The van der Waals surface area contributed by atoms with Crippen LogP contribution in [0.1, 0.15) is 20.7 Å². The number of carboxylic acids is 1. The molecule has 1 aliphatic heterocycles. The molecule has 0 aromatic heterocycles. The highest BCUT2D eigenvalue weighted by Gasteiger charge is 2.21. The molecule has 1 heterocycles. The van der Waals surface area contributed by atoms with Gasteiger partial charge in [0.25, 0.3) is 0 Å². The molecule has 0 saturated carbocycles. The second-order valence-corrected chi connectivity index (χ2v) is 2.73. The minimum absolute atomic E-state index is 0.0123. The summed E-state index contributed by atoms with van der Waals surface area (Å²) in [6, 6.07) is 4.24. The van der Waals surface area contributed by atoms with Crippen molar-refractivity contribution >= 4 is 11.8 Å². The van der Waals surface area contributed by atoms with Gasteiger partial charge in [-0.05, 0) is 18.2 Å². The molecule has 1 aromatic rings. The lowest BCUT2D eigenvalue weighted by Gasteiger charge is -1.98. The summed E-state index contributed by atoms with van der Waals surface area (Å²) in [5.41, 5.74) is 0.596. The van der Waals surface area contributed by atoms with Gasteiger partial charge in [-0.25, -0.2) is 4.79 Å². The fourth-order valence-electron chi connectivity index (χ4n) is 1.23. The molecule has 2 rings (SSSR count). The van der Waals surface area contributed by atoms with Crippen LogP contribution in [0.3, 0.4) is 0 Å². The normalized spacial score (nSPS) is 13.7. The number of benzene rings is 1. The summed E-state index contributed by atoms with van der Waals surface area (Å²) in [4.78, 5) is 21.6. The minimum atomic E-state index is -1.02. The molecule has 1 N–H and O–H groups in total. The number of hydrogen-bond donors (Lipinski definition) is 1. The quantitative estimate of drug-likeness (QED) is 0.695. The van der Waals surface area contributed by atoms with Crippen LogP contribution < -0.4 is 4.74 Å². The van der Waals surface area contributed by atoms with Crippen LogP contribution in [-0.4, -0.2) is 23.5 Å². The minimum Gasteiger partial charge on any atom is -0.485 e. The van der Waals surface area contributed by atoms with Gasteiger partial charge >= 0.3 is 5.97 Å². The van der Waals surface area contributed by atoms with E-state index in [-0.39, 0.29) is 18.0 Å². The first-order valence-corrected chi connectivity index (χ1v) is 3.72. The molecule has 0 saturated heterocycles. The van der Waals surface area contributed by atoms with Crippen molar-refractivity contribution in [3.8, 4) is 5.75 Å². The van der Waals surface area contributed by atoms with Crippen molar-refractivity contribution in [2.24, 2.45) is 0 Å². The van der Waals surface area contributed by atoms with Crippen LogP contribution in [0.4, 0.5) is 0 Å². The zero-order valence-corrected chi connectivity index (χ0v) is 6.61. The molecule has 0 unspecified atom stereocenters. The predicted octanol–water partition coefficient (Wildman–Crippen LogP) is 0.960. The molecular formula is C9H6O4. The largest absolute Gasteiger partial charge is 0.485 e. The number of carbonyl (C=O) groups is 2. The SMILES string of the molecule is O=C(O)c1ccc2c(c1)OCC2=O. The van der Waals surface area contributed by atoms with Gasteiger partial charge in [0, 0.05) is 0 Å². The highest BCUT2D eigenvalue weighted by Crippen LogP contribution is 2.25. The number of aromatic carboxylic acids is 1. The average molecular weight is 178 g/mol. The number of carbonyl (C=O) groups excluding carboxylic acids is 1. The van der Waals surface area contributed by atoms with E-state index in [2.05, 4.69) is 0 Å². The van der Waals surface area contributed by atoms with Crippen LogP contribution in [0.2, 0.25) is 0 Å². The van der Waals surface area contributed by atoms with Gasteiger partial charge in [-0.15, -0.1) is 0 Å². The molecule has 0 aliphatic carbocycles. The van der Waals surface area contributed by atoms with Gasteiger partial charge in [0.15, 0.2) is 6.61 Å². The Morgan fingerprint density at radius 2 is 2.23 bits per heavy atom. The van der Waals surface area contributed by atoms with E-state index in [1.807, 2.05) is 0 Å². The Balaban J connectivity index is 2.51. The third kappa shape index (κ3) is 1.16. The number of carboxylic acid groups (broad SMARTS) is 1. The van der Waals surface area contributed by atoms with E-state index in [1.54, 1.807) is 0 Å². The van der Waals surface area contributed by atoms with Gasteiger partial charge in [0.2, 0.25) is 5.78 Å². The summed E-state index contributed by atoms with van der Waals surface area (Å²) in [5, 5.41) is 8.64. The fraction of sp³-hybridized carbons (Fsp3) is 0.111. The Morgan fingerprint density at radius 3 is 2.92 bits per heavy atom. The van der Waals surface area contributed by atoms with Gasteiger partial charge in [0.1, 0.15) is 5.75 Å². The standard InChI is InChI=1S/C9H6O4/c10-7-4-13-8-3-5(9(11)12)1-2-6(7)8/h1-3H,4H2,(H,11,12). The number of Topliss-reactive ketones (excluding diaryl/α,β-unsaturated/α-hetero) is 1. The maximum atomic E-state index is 11.1. The van der Waals surface area contributed by atoms with E-state index in [4.69, 9.17) is 9.84 Å². The lowest BCUT2D eigenvalue weighted by molar-refractivity contribution is 0.0696. The Bertz CT molecular complexity index is 395. The Hall–Kier alpha value is -1.84. The summed E-state index contributed by atoms with van der Waals surface area (Å²) in [6.07, 6.45) is 0. The third-order valence-corrected chi connectivity index (χ3v) is 1.89. The molecule has 13 heavy (non-hydrogen) atoms. The summed E-state index contributed by atoms with van der Waals surface area (Å²) >= 11 is 0. The van der Waals surface area contributed by atoms with Gasteiger partial charge in [-0.1, -0.05) is 0 Å². The fourth-order valence-corrected chi connectivity index (χ4v) is 1.23. The smallest absolute Gasteiger partial charge is 0.335 e. The monoisotopic (exact) mass is 178 g/mol. The van der Waals surface area contributed by atoms with Gasteiger partial charge in [-0.2, -0.15) is 0 Å². The first-order valence-electron chi connectivity index (χ1n) is 3.72. The van der Waals surface area contributed by atoms with Crippen LogP contribution in [-0.2, 0) is 0 Å². The highest BCUT2D eigenvalue weighted by atomic mass is 16.5. The molecule has 4 heteroatoms. The summed E-state index contributed by atoms with van der Waals surface area (Å²) in [5.74, 6) is -0.761. The molecular weight excluding hydrogens is 172 g/mol. The van der Waals surface area contributed by atoms with Crippen molar-refractivity contribution in [1.29, 1.82) is 0 Å². The van der Waals surface area contributed by atoms with E-state index in [0.29, 0.717) is 11.3 Å². The number of hydrogen-bond acceptors (Lipinski definition) is 3. The van der Waals surface area contributed by atoms with Gasteiger partial charge < -0.3 is 9.84 Å². The van der Waals surface area contributed by atoms with Crippen LogP contribution >= 0.6 is 0 Å². The van der Waals surface area contributed by atoms with Crippen molar-refractivity contribution < 1.29 is 19.4 Å². The van der Waals surface area contributed by atoms with Crippen molar-refractivity contribution in [2.45, 2.75) is 0 Å². The van der Waals surface area contributed by atoms with E-state index in [0.717, 1.165) is 0 Å². The van der Waals surface area contributed by atoms with Crippen molar-refractivity contribution in [3.63, 3.8) is 0 Å². The van der Waals surface area contributed by atoms with Crippen LogP contribution in [0, 0.1) is 0 Å². The van der Waals surface area contributed by atoms with E-state index in [1.165, 1.54) is 18.2 Å². The lowest BCUT2D eigenvalue weighted by Crippen LogP contribution is -1.98. The third-order valence-electron chi connectivity index (χ3n) is 1.89. The Labute approximate surface area is 73.8 Å². The second kappa shape index (κ2) is 2.58. The van der Waals surface area contributed by atoms with Crippen molar-refractivity contribution in [2.75, 3.05) is 6.61 Å². The van der Waals surface area contributed by atoms with Crippen LogP contribution in [0.5, 0.6) is 5.75 Å². The molecule has 66 valence electrons. The lowest BCUT2D eigenvalue weighted by atomic mass is 10.1. The van der Waals surface area contributed by atoms with Crippen molar-refractivity contribution in [1.82, 2.24) is 0 Å². The predicted molar refractivity (Wildman–Crippen MR) is 43.2 cm³/mol. The summed E-state index contributed by atoms with van der Waals surface area (Å²) in [6.45, 7) is 0.0123. The topological polar surface area (TPSA) is 63.6 Å². The molecule has 0 bridgehead atoms.